The smallest absolute Gasteiger partial charge is 0.373 e. The first-order chi connectivity index (χ1) is 4.84. The van der Waals surface area contributed by atoms with Crippen LogP contribution in [-0.2, 0) is 9.53 Å². The molecule has 0 saturated carbocycles. The summed E-state index contributed by atoms with van der Waals surface area (Å²) in [5, 5.41) is 2.82. The SMILES string of the molecule is CCOC(=O)C1=NCCN1. The van der Waals surface area contributed by atoms with Crippen molar-refractivity contribution in [2.45, 2.75) is 6.92 Å². The van der Waals surface area contributed by atoms with Gasteiger partial charge in [0.05, 0.1) is 13.2 Å². The molecule has 0 radical (unpaired) electrons. The van der Waals surface area contributed by atoms with E-state index in [1.54, 1.807) is 6.92 Å². The Morgan fingerprint density at radius 1 is 1.90 bits per heavy atom. The molecule has 0 atom stereocenters. The van der Waals surface area contributed by atoms with Crippen LogP contribution in [0, 0.1) is 0 Å². The van der Waals surface area contributed by atoms with E-state index in [0.29, 0.717) is 19.0 Å². The number of carbonyl (C=O) groups excluding carboxylic acids is 1. The number of aliphatic imine (C=N–C) groups is 1. The second-order valence-electron chi connectivity index (χ2n) is 1.88. The van der Waals surface area contributed by atoms with Gasteiger partial charge in [0.25, 0.3) is 0 Å². The van der Waals surface area contributed by atoms with Crippen LogP contribution in [0.3, 0.4) is 0 Å². The van der Waals surface area contributed by atoms with Gasteiger partial charge in [0.15, 0.2) is 0 Å². The summed E-state index contributed by atoms with van der Waals surface area (Å²) in [7, 11) is 0. The predicted molar refractivity (Wildman–Crippen MR) is 36.9 cm³/mol. The van der Waals surface area contributed by atoms with Crippen molar-refractivity contribution in [3.05, 3.63) is 0 Å². The van der Waals surface area contributed by atoms with Gasteiger partial charge in [0.1, 0.15) is 0 Å². The molecule has 0 amide bonds. The van der Waals surface area contributed by atoms with E-state index in [1.807, 2.05) is 0 Å². The maximum atomic E-state index is 10.8. The Morgan fingerprint density at radius 3 is 3.20 bits per heavy atom. The average Bonchev–Trinajstić information content (AvgIpc) is 2.38. The Bertz CT molecular complexity index is 165. The van der Waals surface area contributed by atoms with Gasteiger partial charge in [-0.15, -0.1) is 0 Å². The predicted octanol–water partition coefficient (Wildman–Crippen LogP) is -0.449. The zero-order valence-electron chi connectivity index (χ0n) is 5.89. The molecule has 4 heteroatoms. The van der Waals surface area contributed by atoms with E-state index in [2.05, 4.69) is 10.3 Å². The lowest BCUT2D eigenvalue weighted by molar-refractivity contribution is -0.135. The summed E-state index contributed by atoms with van der Waals surface area (Å²) in [6.45, 7) is 3.59. The summed E-state index contributed by atoms with van der Waals surface area (Å²) in [6, 6.07) is 0. The lowest BCUT2D eigenvalue weighted by Crippen LogP contribution is -2.28. The van der Waals surface area contributed by atoms with E-state index in [9.17, 15) is 4.79 Å². The Hall–Kier alpha value is -1.06. The minimum Gasteiger partial charge on any atom is -0.460 e. The fourth-order valence-corrected chi connectivity index (χ4v) is 0.734. The molecule has 0 aromatic carbocycles. The Balaban J connectivity index is 2.40. The normalized spacial score (nSPS) is 15.9. The topological polar surface area (TPSA) is 50.7 Å². The first-order valence-corrected chi connectivity index (χ1v) is 3.30. The fraction of sp³-hybridized carbons (Fsp3) is 0.667. The molecule has 0 bridgehead atoms. The minimum absolute atomic E-state index is 0.347. The molecule has 0 unspecified atom stereocenters. The van der Waals surface area contributed by atoms with Crippen LogP contribution in [0.5, 0.6) is 0 Å². The average molecular weight is 142 g/mol. The van der Waals surface area contributed by atoms with Gasteiger partial charge in [-0.25, -0.2) is 4.79 Å². The van der Waals surface area contributed by atoms with Crippen molar-refractivity contribution in [1.29, 1.82) is 0 Å². The Kier molecular flexibility index (Phi) is 2.25. The van der Waals surface area contributed by atoms with E-state index in [1.165, 1.54) is 0 Å². The third kappa shape index (κ3) is 1.46. The molecule has 1 aliphatic heterocycles. The van der Waals surface area contributed by atoms with Crippen LogP contribution in [0.4, 0.5) is 0 Å². The van der Waals surface area contributed by atoms with Crippen LogP contribution in [0.1, 0.15) is 6.92 Å². The molecule has 0 spiro atoms. The van der Waals surface area contributed by atoms with E-state index < -0.39 is 0 Å². The van der Waals surface area contributed by atoms with Gasteiger partial charge in [-0.05, 0) is 6.92 Å². The highest BCUT2D eigenvalue weighted by Gasteiger charge is 2.14. The minimum atomic E-state index is -0.347. The molecule has 1 N–H and O–H groups in total. The molecule has 10 heavy (non-hydrogen) atoms. The molecule has 0 aliphatic carbocycles. The largest absolute Gasteiger partial charge is 0.460 e. The maximum absolute atomic E-state index is 10.8. The summed E-state index contributed by atoms with van der Waals surface area (Å²) < 4.78 is 4.69. The summed E-state index contributed by atoms with van der Waals surface area (Å²) >= 11 is 0. The zero-order valence-corrected chi connectivity index (χ0v) is 5.89. The first kappa shape index (κ1) is 7.05. The molecule has 1 rings (SSSR count). The molecule has 0 fully saturated rings. The van der Waals surface area contributed by atoms with Gasteiger partial charge in [0.2, 0.25) is 5.84 Å². The summed E-state index contributed by atoms with van der Waals surface area (Å²) in [5.74, 6) is 0.0156. The van der Waals surface area contributed by atoms with Gasteiger partial charge < -0.3 is 10.1 Å². The van der Waals surface area contributed by atoms with Gasteiger partial charge >= 0.3 is 5.97 Å². The highest BCUT2D eigenvalue weighted by atomic mass is 16.5. The summed E-state index contributed by atoms with van der Waals surface area (Å²) in [4.78, 5) is 14.7. The maximum Gasteiger partial charge on any atom is 0.373 e. The van der Waals surface area contributed by atoms with Crippen LogP contribution in [0.25, 0.3) is 0 Å². The van der Waals surface area contributed by atoms with Gasteiger partial charge in [-0.2, -0.15) is 0 Å². The lowest BCUT2D eigenvalue weighted by Gasteiger charge is -1.99. The third-order valence-electron chi connectivity index (χ3n) is 1.14. The number of hydrogen-bond acceptors (Lipinski definition) is 4. The van der Waals surface area contributed by atoms with Crippen LogP contribution >= 0.6 is 0 Å². The second kappa shape index (κ2) is 3.20. The van der Waals surface area contributed by atoms with E-state index in [-0.39, 0.29) is 5.97 Å². The second-order valence-corrected chi connectivity index (χ2v) is 1.88. The third-order valence-corrected chi connectivity index (χ3v) is 1.14. The summed E-state index contributed by atoms with van der Waals surface area (Å²) in [5.41, 5.74) is 0. The molecule has 4 nitrogen and oxygen atoms in total. The molecule has 0 saturated heterocycles. The van der Waals surface area contributed by atoms with Crippen molar-refractivity contribution in [1.82, 2.24) is 5.32 Å². The number of nitrogens with zero attached hydrogens (tertiary/aromatic N) is 1. The van der Waals surface area contributed by atoms with E-state index >= 15 is 0 Å². The number of esters is 1. The van der Waals surface area contributed by atoms with Crippen LogP contribution < -0.4 is 5.32 Å². The Labute approximate surface area is 59.3 Å². The molecule has 0 aromatic rings. The molecular formula is C6H10N2O2. The number of carbonyl (C=O) groups is 1. The lowest BCUT2D eigenvalue weighted by atomic mass is 10.6. The molecule has 1 heterocycles. The van der Waals surface area contributed by atoms with E-state index in [4.69, 9.17) is 4.74 Å². The number of ether oxygens (including phenoxy) is 1. The Morgan fingerprint density at radius 2 is 2.70 bits per heavy atom. The molecule has 56 valence electrons. The van der Waals surface area contributed by atoms with Crippen molar-refractivity contribution in [3.8, 4) is 0 Å². The van der Waals surface area contributed by atoms with Gasteiger partial charge in [-0.3, -0.25) is 4.99 Å². The van der Waals surface area contributed by atoms with Crippen LogP contribution in [0.2, 0.25) is 0 Å². The van der Waals surface area contributed by atoms with Crippen LogP contribution in [0.15, 0.2) is 4.99 Å². The summed E-state index contributed by atoms with van der Waals surface area (Å²) in [6.07, 6.45) is 0. The van der Waals surface area contributed by atoms with Gasteiger partial charge in [-0.1, -0.05) is 0 Å². The van der Waals surface area contributed by atoms with Crippen molar-refractivity contribution in [2.75, 3.05) is 19.7 Å². The molecular weight excluding hydrogens is 132 g/mol. The number of rotatable bonds is 2. The van der Waals surface area contributed by atoms with Crippen molar-refractivity contribution in [2.24, 2.45) is 4.99 Å². The number of amidine groups is 1. The highest BCUT2D eigenvalue weighted by Crippen LogP contribution is 1.88. The standard InChI is InChI=1S/C6H10N2O2/c1-2-10-6(9)5-7-3-4-8-5/h2-4H2,1H3,(H,7,8). The van der Waals surface area contributed by atoms with Crippen molar-refractivity contribution >= 4 is 11.8 Å². The monoisotopic (exact) mass is 142 g/mol. The van der Waals surface area contributed by atoms with Gasteiger partial charge in [0, 0.05) is 6.54 Å². The van der Waals surface area contributed by atoms with Crippen molar-refractivity contribution in [3.63, 3.8) is 0 Å². The quantitative estimate of drug-likeness (QED) is 0.531. The first-order valence-electron chi connectivity index (χ1n) is 3.30. The molecule has 0 aromatic heterocycles. The zero-order chi connectivity index (χ0) is 7.40. The number of hydrogen-bond donors (Lipinski definition) is 1. The highest BCUT2D eigenvalue weighted by molar-refractivity contribution is 6.35. The molecule has 1 aliphatic rings. The van der Waals surface area contributed by atoms with E-state index in [0.717, 1.165) is 6.54 Å². The van der Waals surface area contributed by atoms with Crippen molar-refractivity contribution < 1.29 is 9.53 Å². The fourth-order valence-electron chi connectivity index (χ4n) is 0.734. The van der Waals surface area contributed by atoms with Crippen LogP contribution in [-0.4, -0.2) is 31.5 Å². The number of nitrogens with one attached hydrogen (secondary N) is 1.